The molecule has 0 aliphatic heterocycles. The summed E-state index contributed by atoms with van der Waals surface area (Å²) in [5.41, 5.74) is 1.87. The number of methoxy groups -OCH3 is 1. The third-order valence-electron chi connectivity index (χ3n) is 2.58. The molecule has 3 rings (SSSR count). The van der Waals surface area contributed by atoms with E-state index in [0.29, 0.717) is 0 Å². The number of rotatable bonds is 2. The van der Waals surface area contributed by atoms with Crippen molar-refractivity contribution in [3.8, 4) is 16.3 Å². The highest BCUT2D eigenvalue weighted by Crippen LogP contribution is 2.26. The molecule has 0 bridgehead atoms. The van der Waals surface area contributed by atoms with Crippen LogP contribution in [-0.2, 0) is 0 Å². The zero-order chi connectivity index (χ0) is 11.7. The second-order valence-electron chi connectivity index (χ2n) is 3.65. The van der Waals surface area contributed by atoms with Gasteiger partial charge in [-0.05, 0) is 35.7 Å². The highest BCUT2D eigenvalue weighted by molar-refractivity contribution is 7.13. The average molecular weight is 240 g/mol. The molecule has 0 aliphatic rings. The smallest absolute Gasteiger partial charge is 0.121 e. The number of nitrogens with zero attached hydrogens (tertiary/aromatic N) is 1. The summed E-state index contributed by atoms with van der Waals surface area (Å²) in [5, 5.41) is 3.05. The van der Waals surface area contributed by atoms with Gasteiger partial charge in [-0.3, -0.25) is 0 Å². The van der Waals surface area contributed by atoms with Crippen molar-refractivity contribution in [1.29, 1.82) is 0 Å². The van der Waals surface area contributed by atoms with Gasteiger partial charge >= 0.3 is 0 Å². The van der Waals surface area contributed by atoms with E-state index < -0.39 is 0 Å². The molecule has 2 aromatic heterocycles. The normalized spacial score (nSPS) is 10.6. The van der Waals surface area contributed by atoms with Gasteiger partial charge in [0.15, 0.2) is 0 Å². The molecule has 1 radical (unpaired) electrons. The highest BCUT2D eigenvalue weighted by atomic mass is 32.1. The molecule has 3 heteroatoms. The van der Waals surface area contributed by atoms with E-state index in [9.17, 15) is 0 Å². The Hall–Kier alpha value is -1.87. The number of pyridine rings is 1. The van der Waals surface area contributed by atoms with E-state index in [1.54, 1.807) is 18.4 Å². The molecule has 17 heavy (non-hydrogen) atoms. The molecule has 0 N–H and O–H groups in total. The lowest BCUT2D eigenvalue weighted by Gasteiger charge is -2.03. The van der Waals surface area contributed by atoms with E-state index in [4.69, 9.17) is 4.74 Å². The Kier molecular flexibility index (Phi) is 2.53. The van der Waals surface area contributed by atoms with Gasteiger partial charge in [0.25, 0.3) is 0 Å². The second-order valence-corrected chi connectivity index (χ2v) is 4.59. The minimum Gasteiger partial charge on any atom is -0.497 e. The number of fused-ring (bicyclic) bond motifs is 1. The summed E-state index contributed by atoms with van der Waals surface area (Å²) in [4.78, 5) is 5.78. The lowest BCUT2D eigenvalue weighted by molar-refractivity contribution is 0.415. The topological polar surface area (TPSA) is 22.1 Å². The summed E-state index contributed by atoms with van der Waals surface area (Å²) in [6.07, 6.45) is 0. The molecule has 0 amide bonds. The van der Waals surface area contributed by atoms with Crippen molar-refractivity contribution in [2.45, 2.75) is 0 Å². The molecule has 0 fully saturated rings. The molecule has 0 unspecified atom stereocenters. The molecule has 0 saturated heterocycles. The molecule has 0 spiro atoms. The summed E-state index contributed by atoms with van der Waals surface area (Å²) in [6.45, 7) is 0. The van der Waals surface area contributed by atoms with Crippen molar-refractivity contribution < 1.29 is 4.74 Å². The van der Waals surface area contributed by atoms with E-state index in [2.05, 4.69) is 17.1 Å². The van der Waals surface area contributed by atoms with E-state index >= 15 is 0 Å². The fraction of sp³-hybridized carbons (Fsp3) is 0.0714. The van der Waals surface area contributed by atoms with Gasteiger partial charge in [0.1, 0.15) is 5.75 Å². The van der Waals surface area contributed by atoms with Crippen LogP contribution in [0.2, 0.25) is 0 Å². The van der Waals surface area contributed by atoms with Crippen molar-refractivity contribution in [2.75, 3.05) is 7.11 Å². The number of hydrogen-bond donors (Lipinski definition) is 0. The molecule has 0 atom stereocenters. The van der Waals surface area contributed by atoms with Gasteiger partial charge < -0.3 is 4.74 Å². The monoisotopic (exact) mass is 240 g/mol. The number of ether oxygens (including phenoxy) is 1. The number of benzene rings is 1. The van der Waals surface area contributed by atoms with Crippen LogP contribution in [0.4, 0.5) is 0 Å². The minimum absolute atomic E-state index is 0.821. The first-order valence-corrected chi connectivity index (χ1v) is 6.15. The molecular formula is C14H10NOS. The lowest BCUT2D eigenvalue weighted by Crippen LogP contribution is -1.86. The first-order valence-electron chi connectivity index (χ1n) is 5.27. The van der Waals surface area contributed by atoms with E-state index in [1.807, 2.05) is 35.7 Å². The van der Waals surface area contributed by atoms with Crippen molar-refractivity contribution in [1.82, 2.24) is 4.98 Å². The Bertz CT molecular complexity index is 646. The van der Waals surface area contributed by atoms with Crippen LogP contribution < -0.4 is 4.74 Å². The van der Waals surface area contributed by atoms with Crippen molar-refractivity contribution in [3.63, 3.8) is 0 Å². The Labute approximate surface area is 104 Å². The van der Waals surface area contributed by atoms with Crippen LogP contribution in [-0.4, -0.2) is 12.1 Å². The van der Waals surface area contributed by atoms with E-state index in [-0.39, 0.29) is 0 Å². The zero-order valence-corrected chi connectivity index (χ0v) is 10.1. The van der Waals surface area contributed by atoms with Gasteiger partial charge in [0.2, 0.25) is 0 Å². The fourth-order valence-electron chi connectivity index (χ4n) is 1.71. The second kappa shape index (κ2) is 4.18. The number of hydrogen-bond acceptors (Lipinski definition) is 3. The van der Waals surface area contributed by atoms with Gasteiger partial charge in [0.05, 0.1) is 23.2 Å². The van der Waals surface area contributed by atoms with E-state index in [0.717, 1.165) is 27.2 Å². The molecule has 0 saturated carbocycles. The fourth-order valence-corrected chi connectivity index (χ4v) is 2.40. The van der Waals surface area contributed by atoms with Gasteiger partial charge in [-0.1, -0.05) is 6.07 Å². The molecular weight excluding hydrogens is 230 g/mol. The summed E-state index contributed by atoms with van der Waals surface area (Å²) >= 11 is 1.68. The first-order chi connectivity index (χ1) is 8.36. The first kappa shape index (κ1) is 10.3. The maximum Gasteiger partial charge on any atom is 0.121 e. The Morgan fingerprint density at radius 3 is 3.00 bits per heavy atom. The average Bonchev–Trinajstić information content (AvgIpc) is 2.91. The lowest BCUT2D eigenvalue weighted by atomic mass is 10.2. The molecule has 3 aromatic rings. The predicted octanol–water partition coefficient (Wildman–Crippen LogP) is 3.77. The van der Waals surface area contributed by atoms with Gasteiger partial charge in [-0.25, -0.2) is 4.98 Å². The van der Waals surface area contributed by atoms with Crippen LogP contribution in [0.15, 0.2) is 41.8 Å². The molecule has 83 valence electrons. The summed E-state index contributed by atoms with van der Waals surface area (Å²) in [7, 11) is 1.66. The summed E-state index contributed by atoms with van der Waals surface area (Å²) in [5.74, 6) is 0.821. The Morgan fingerprint density at radius 1 is 1.29 bits per heavy atom. The summed E-state index contributed by atoms with van der Waals surface area (Å²) in [6, 6.07) is 15.1. The van der Waals surface area contributed by atoms with Crippen LogP contribution in [0.5, 0.6) is 5.75 Å². The van der Waals surface area contributed by atoms with Crippen molar-refractivity contribution in [3.05, 3.63) is 47.8 Å². The van der Waals surface area contributed by atoms with Crippen molar-refractivity contribution in [2.24, 2.45) is 0 Å². The van der Waals surface area contributed by atoms with E-state index in [1.165, 1.54) is 0 Å². The summed E-state index contributed by atoms with van der Waals surface area (Å²) < 4.78 is 5.20. The molecule has 1 aromatic carbocycles. The van der Waals surface area contributed by atoms with Crippen LogP contribution in [0.3, 0.4) is 0 Å². The number of aromatic nitrogens is 1. The number of thiophene rings is 1. The molecule has 0 aliphatic carbocycles. The zero-order valence-electron chi connectivity index (χ0n) is 9.31. The maximum atomic E-state index is 5.20. The van der Waals surface area contributed by atoms with Crippen molar-refractivity contribution >= 4 is 22.2 Å². The van der Waals surface area contributed by atoms with Crippen LogP contribution >= 0.6 is 11.3 Å². The van der Waals surface area contributed by atoms with Gasteiger partial charge in [-0.2, -0.15) is 0 Å². The third-order valence-corrected chi connectivity index (χ3v) is 3.48. The van der Waals surface area contributed by atoms with Gasteiger partial charge in [-0.15, -0.1) is 11.3 Å². The van der Waals surface area contributed by atoms with Crippen LogP contribution in [0.25, 0.3) is 21.5 Å². The van der Waals surface area contributed by atoms with Crippen LogP contribution in [0, 0.1) is 6.07 Å². The maximum absolute atomic E-state index is 5.20. The van der Waals surface area contributed by atoms with Gasteiger partial charge in [0, 0.05) is 11.5 Å². The third kappa shape index (κ3) is 1.89. The predicted molar refractivity (Wildman–Crippen MR) is 70.4 cm³/mol. The minimum atomic E-state index is 0.821. The Morgan fingerprint density at radius 2 is 2.24 bits per heavy atom. The highest BCUT2D eigenvalue weighted by Gasteiger charge is 2.03. The van der Waals surface area contributed by atoms with Crippen LogP contribution in [0.1, 0.15) is 0 Å². The Balaban J connectivity index is 2.17. The quantitative estimate of drug-likeness (QED) is 0.680. The SMILES string of the molecule is COc1ccc2[c]cc(-c3cccs3)nc2c1. The molecule has 2 nitrogen and oxygen atoms in total. The largest absolute Gasteiger partial charge is 0.497 e. The standard InChI is InChI=1S/C14H10NOS/c1-16-11-6-4-10-5-7-12(15-13(10)9-11)14-3-2-8-17-14/h2-4,6-9H,1H3. The molecule has 2 heterocycles.